The van der Waals surface area contributed by atoms with Crippen molar-refractivity contribution in [2.45, 2.75) is 32.2 Å². The number of anilines is 1. The van der Waals surface area contributed by atoms with Crippen LogP contribution in [0.15, 0.2) is 65.0 Å². The topological polar surface area (TPSA) is 71.0 Å². The van der Waals surface area contributed by atoms with E-state index in [1.54, 1.807) is 11.3 Å². The Morgan fingerprint density at radius 2 is 1.80 bits per heavy atom. The molecule has 0 atom stereocenters. The molecule has 0 saturated carbocycles. The molecule has 2 aromatic carbocycles. The maximum absolute atomic E-state index is 13.1. The summed E-state index contributed by atoms with van der Waals surface area (Å²) < 4.78 is 5.41. The number of benzene rings is 2. The summed E-state index contributed by atoms with van der Waals surface area (Å²) in [7, 11) is 0. The fraction of sp³-hybridized carbons (Fsp3) is 0.321. The maximum Gasteiger partial charge on any atom is 0.256 e. The van der Waals surface area contributed by atoms with Crippen molar-refractivity contribution < 1.29 is 14.3 Å². The van der Waals surface area contributed by atoms with Gasteiger partial charge in [0.25, 0.3) is 5.91 Å². The van der Waals surface area contributed by atoms with Gasteiger partial charge in [-0.2, -0.15) is 0 Å². The number of carbonyl (C=O) groups is 2. The number of rotatable bonds is 6. The molecule has 3 heterocycles. The Balaban J connectivity index is 1.27. The van der Waals surface area contributed by atoms with E-state index in [2.05, 4.69) is 35.1 Å². The number of hydrogen-bond acceptors (Lipinski definition) is 6. The smallest absolute Gasteiger partial charge is 0.256 e. The third-order valence-electron chi connectivity index (χ3n) is 6.62. The van der Waals surface area contributed by atoms with Crippen LogP contribution in [-0.2, 0) is 16.7 Å². The highest BCUT2D eigenvalue weighted by Gasteiger charge is 2.27. The van der Waals surface area contributed by atoms with Crippen LogP contribution in [0.5, 0.6) is 0 Å². The van der Waals surface area contributed by atoms with E-state index in [1.807, 2.05) is 53.9 Å². The summed E-state index contributed by atoms with van der Waals surface area (Å²) in [5.41, 5.74) is 3.90. The number of amides is 1. The van der Waals surface area contributed by atoms with Gasteiger partial charge in [-0.05, 0) is 47.3 Å². The van der Waals surface area contributed by atoms with E-state index >= 15 is 0 Å². The summed E-state index contributed by atoms with van der Waals surface area (Å²) in [6.07, 6.45) is 0.417. The van der Waals surface area contributed by atoms with Crippen LogP contribution in [0, 0.1) is 0 Å². The van der Waals surface area contributed by atoms with Gasteiger partial charge < -0.3 is 15.0 Å². The number of nitrogens with one attached hydrogen (secondary N) is 1. The minimum Gasteiger partial charge on any atom is -0.378 e. The van der Waals surface area contributed by atoms with Crippen LogP contribution in [0.2, 0.25) is 0 Å². The van der Waals surface area contributed by atoms with Crippen LogP contribution < -0.4 is 10.2 Å². The van der Waals surface area contributed by atoms with Crippen LogP contribution >= 0.6 is 11.3 Å². The van der Waals surface area contributed by atoms with E-state index in [-0.39, 0.29) is 17.1 Å². The predicted molar refractivity (Wildman–Crippen MR) is 140 cm³/mol. The summed E-state index contributed by atoms with van der Waals surface area (Å²) in [6.45, 7) is 7.84. The minimum absolute atomic E-state index is 0.0856. The molecule has 7 heteroatoms. The molecule has 35 heavy (non-hydrogen) atoms. The van der Waals surface area contributed by atoms with E-state index in [4.69, 9.17) is 4.74 Å². The molecular weight excluding hydrogens is 458 g/mol. The zero-order valence-electron chi connectivity index (χ0n) is 20.0. The van der Waals surface area contributed by atoms with Crippen LogP contribution in [0.4, 0.5) is 5.69 Å². The Morgan fingerprint density at radius 1 is 1.06 bits per heavy atom. The van der Waals surface area contributed by atoms with Crippen molar-refractivity contribution in [2.24, 2.45) is 4.99 Å². The van der Waals surface area contributed by atoms with Crippen LogP contribution in [-0.4, -0.2) is 43.8 Å². The number of thiophene rings is 1. The second-order valence-corrected chi connectivity index (χ2v) is 10.5. The summed E-state index contributed by atoms with van der Waals surface area (Å²) in [6, 6.07) is 17.4. The Labute approximate surface area is 209 Å². The number of hydrogen-bond donors (Lipinski definition) is 1. The normalized spacial score (nSPS) is 15.5. The molecule has 3 aromatic rings. The lowest BCUT2D eigenvalue weighted by atomic mass is 9.84. The maximum atomic E-state index is 13.1. The van der Waals surface area contributed by atoms with Crippen molar-refractivity contribution in [3.8, 4) is 0 Å². The molecule has 0 radical (unpaired) electrons. The number of morpholine rings is 1. The van der Waals surface area contributed by atoms with Crippen molar-refractivity contribution in [3.63, 3.8) is 0 Å². The van der Waals surface area contributed by atoms with Gasteiger partial charge in [0.05, 0.1) is 19.8 Å². The SMILES string of the molecule is CC(C)(CC(=O)c1ccc2c(c1)C(NC(=O)c1ccc(N3CCOCC3)cc1)=NC2)c1cccs1. The average molecular weight is 488 g/mol. The molecule has 0 aliphatic carbocycles. The second kappa shape index (κ2) is 9.76. The van der Waals surface area contributed by atoms with Gasteiger partial charge >= 0.3 is 0 Å². The quantitative estimate of drug-likeness (QED) is 0.506. The molecule has 1 N–H and O–H groups in total. The fourth-order valence-electron chi connectivity index (χ4n) is 4.54. The van der Waals surface area contributed by atoms with Gasteiger partial charge in [-0.3, -0.25) is 14.6 Å². The lowest BCUT2D eigenvalue weighted by molar-refractivity contribution is 0.0956. The highest BCUT2D eigenvalue weighted by molar-refractivity contribution is 7.10. The van der Waals surface area contributed by atoms with E-state index in [0.29, 0.717) is 29.9 Å². The number of amidine groups is 1. The zero-order chi connectivity index (χ0) is 24.4. The standard InChI is InChI=1S/C28H29N3O3S/c1-28(2,25-4-3-15-35-25)17-24(32)20-5-6-21-18-29-26(23(21)16-20)30-27(33)19-7-9-22(10-8-19)31-11-13-34-14-12-31/h3-10,15-16H,11-14,17-18H2,1-2H3,(H,29,30,33). The van der Waals surface area contributed by atoms with E-state index in [0.717, 1.165) is 43.1 Å². The Morgan fingerprint density at radius 3 is 2.51 bits per heavy atom. The first kappa shape index (κ1) is 23.5. The van der Waals surface area contributed by atoms with Gasteiger partial charge in [0, 0.05) is 52.2 Å². The predicted octanol–water partition coefficient (Wildman–Crippen LogP) is 4.83. The van der Waals surface area contributed by atoms with E-state index < -0.39 is 0 Å². The van der Waals surface area contributed by atoms with Gasteiger partial charge in [0.1, 0.15) is 5.84 Å². The number of ether oxygens (including phenoxy) is 1. The molecule has 0 bridgehead atoms. The van der Waals surface area contributed by atoms with Gasteiger partial charge in [-0.1, -0.05) is 32.0 Å². The number of Topliss-reactive ketones (excluding diaryl/α,β-unsaturated/α-hetero) is 1. The fourth-order valence-corrected chi connectivity index (χ4v) is 5.40. The molecule has 1 aromatic heterocycles. The van der Waals surface area contributed by atoms with Gasteiger partial charge in [0.2, 0.25) is 0 Å². The summed E-state index contributed by atoms with van der Waals surface area (Å²) in [5.74, 6) is 0.401. The van der Waals surface area contributed by atoms with E-state index in [1.165, 1.54) is 4.88 Å². The summed E-state index contributed by atoms with van der Waals surface area (Å²) in [5, 5.41) is 5.00. The van der Waals surface area contributed by atoms with Gasteiger partial charge in [-0.15, -0.1) is 11.3 Å². The molecule has 6 nitrogen and oxygen atoms in total. The molecule has 1 saturated heterocycles. The van der Waals surface area contributed by atoms with Crippen LogP contribution in [0.3, 0.4) is 0 Å². The van der Waals surface area contributed by atoms with Crippen molar-refractivity contribution in [2.75, 3.05) is 31.2 Å². The average Bonchev–Trinajstić information content (AvgIpc) is 3.55. The molecule has 1 fully saturated rings. The lowest BCUT2D eigenvalue weighted by Crippen LogP contribution is -2.36. The van der Waals surface area contributed by atoms with E-state index in [9.17, 15) is 9.59 Å². The summed E-state index contributed by atoms with van der Waals surface area (Å²) >= 11 is 1.67. The Kier molecular flexibility index (Phi) is 6.54. The van der Waals surface area contributed by atoms with Crippen LogP contribution in [0.1, 0.15) is 57.0 Å². The number of aliphatic imine (C=N–C) groups is 1. The number of ketones is 1. The monoisotopic (exact) mass is 487 g/mol. The first-order chi connectivity index (χ1) is 16.9. The van der Waals surface area contributed by atoms with Crippen molar-refractivity contribution in [1.82, 2.24) is 5.32 Å². The van der Waals surface area contributed by atoms with Crippen molar-refractivity contribution in [1.29, 1.82) is 0 Å². The van der Waals surface area contributed by atoms with Gasteiger partial charge in [-0.25, -0.2) is 0 Å². The largest absolute Gasteiger partial charge is 0.378 e. The highest BCUT2D eigenvalue weighted by Crippen LogP contribution is 2.32. The zero-order valence-corrected chi connectivity index (χ0v) is 20.9. The lowest BCUT2D eigenvalue weighted by Gasteiger charge is -2.28. The van der Waals surface area contributed by atoms with Crippen molar-refractivity contribution in [3.05, 3.63) is 87.1 Å². The third kappa shape index (κ3) is 5.06. The number of carbonyl (C=O) groups excluding carboxylic acids is 2. The second-order valence-electron chi connectivity index (χ2n) is 9.60. The molecule has 0 unspecified atom stereocenters. The molecule has 5 rings (SSSR count). The first-order valence-electron chi connectivity index (χ1n) is 11.9. The Hall–Kier alpha value is -3.29. The first-order valence-corrected chi connectivity index (χ1v) is 12.8. The molecule has 1 amide bonds. The third-order valence-corrected chi connectivity index (χ3v) is 7.86. The number of nitrogens with zero attached hydrogens (tertiary/aromatic N) is 2. The Bertz CT molecular complexity index is 1260. The highest BCUT2D eigenvalue weighted by atomic mass is 32.1. The number of fused-ring (bicyclic) bond motifs is 1. The molecule has 0 spiro atoms. The molecule has 180 valence electrons. The minimum atomic E-state index is -0.233. The molecule has 2 aliphatic heterocycles. The van der Waals surface area contributed by atoms with Gasteiger partial charge in [0.15, 0.2) is 5.78 Å². The van der Waals surface area contributed by atoms with Crippen LogP contribution in [0.25, 0.3) is 0 Å². The molecule has 2 aliphatic rings. The summed E-state index contributed by atoms with van der Waals surface area (Å²) in [4.78, 5) is 34.1. The molecular formula is C28H29N3O3S. The van der Waals surface area contributed by atoms with Crippen molar-refractivity contribution >= 4 is 34.6 Å².